The predicted octanol–water partition coefficient (Wildman–Crippen LogP) is 3.73. The van der Waals surface area contributed by atoms with E-state index in [0.29, 0.717) is 10.0 Å². The number of halogens is 2. The average molecular weight is 287 g/mol. The topological polar surface area (TPSA) is 20.2 Å². The number of rotatable bonds is 2. The van der Waals surface area contributed by atoms with E-state index in [2.05, 4.69) is 15.9 Å². The molecule has 0 saturated heterocycles. The minimum Gasteiger partial charge on any atom is -0.383 e. The lowest BCUT2D eigenvalue weighted by Crippen LogP contribution is -1.98. The zero-order valence-electron chi connectivity index (χ0n) is 7.65. The van der Waals surface area contributed by atoms with Crippen LogP contribution in [0.5, 0.6) is 0 Å². The van der Waals surface area contributed by atoms with Crippen molar-refractivity contribution in [2.45, 2.75) is 6.10 Å². The predicted molar refractivity (Wildman–Crippen MR) is 62.5 cm³/mol. The fraction of sp³-hybridized carbons (Fsp3) is 0.0909. The summed E-state index contributed by atoms with van der Waals surface area (Å²) >= 11 is 4.74. The molecule has 0 radical (unpaired) electrons. The Balaban J connectivity index is 2.41. The third-order valence-corrected chi connectivity index (χ3v) is 3.71. The lowest BCUT2D eigenvalue weighted by Gasteiger charge is -2.10. The molecule has 0 spiro atoms. The van der Waals surface area contributed by atoms with Gasteiger partial charge in [-0.3, -0.25) is 0 Å². The fourth-order valence-corrected chi connectivity index (χ4v) is 2.51. The van der Waals surface area contributed by atoms with Gasteiger partial charge in [-0.2, -0.15) is 0 Å². The fourth-order valence-electron chi connectivity index (χ4n) is 1.32. The van der Waals surface area contributed by atoms with Crippen LogP contribution < -0.4 is 0 Å². The molecule has 4 heteroatoms. The van der Waals surface area contributed by atoms with Crippen LogP contribution in [0.15, 0.2) is 40.2 Å². The Kier molecular flexibility index (Phi) is 3.19. The van der Waals surface area contributed by atoms with E-state index < -0.39 is 6.10 Å². The molecule has 78 valence electrons. The molecule has 0 bridgehead atoms. The van der Waals surface area contributed by atoms with E-state index in [1.165, 1.54) is 23.5 Å². The van der Waals surface area contributed by atoms with Gasteiger partial charge in [0.1, 0.15) is 11.9 Å². The minimum atomic E-state index is -0.768. The molecule has 0 aliphatic carbocycles. The van der Waals surface area contributed by atoms with E-state index in [1.807, 2.05) is 17.5 Å². The van der Waals surface area contributed by atoms with Gasteiger partial charge in [0.25, 0.3) is 0 Å². The third-order valence-electron chi connectivity index (χ3n) is 2.07. The quantitative estimate of drug-likeness (QED) is 0.892. The number of thiophene rings is 1. The smallest absolute Gasteiger partial charge is 0.123 e. The normalized spacial score (nSPS) is 12.7. The van der Waals surface area contributed by atoms with Crippen LogP contribution >= 0.6 is 27.3 Å². The van der Waals surface area contributed by atoms with Crippen LogP contribution in [0, 0.1) is 5.82 Å². The van der Waals surface area contributed by atoms with Gasteiger partial charge in [0, 0.05) is 14.9 Å². The van der Waals surface area contributed by atoms with Crippen molar-refractivity contribution in [3.05, 3.63) is 56.4 Å². The summed E-state index contributed by atoms with van der Waals surface area (Å²) in [6.45, 7) is 0. The Bertz CT molecular complexity index is 456. The Morgan fingerprint density at radius 3 is 2.80 bits per heavy atom. The summed E-state index contributed by atoms with van der Waals surface area (Å²) in [7, 11) is 0. The molecule has 1 atom stereocenters. The molecule has 2 rings (SSSR count). The van der Waals surface area contributed by atoms with Crippen molar-refractivity contribution >= 4 is 27.3 Å². The molecule has 0 saturated carbocycles. The maximum absolute atomic E-state index is 13.0. The van der Waals surface area contributed by atoms with Crippen molar-refractivity contribution in [1.29, 1.82) is 0 Å². The van der Waals surface area contributed by atoms with Gasteiger partial charge in [0.2, 0.25) is 0 Å². The number of aliphatic hydroxyl groups excluding tert-OH is 1. The van der Waals surface area contributed by atoms with Crippen molar-refractivity contribution in [3.8, 4) is 0 Å². The molecular weight excluding hydrogens is 279 g/mol. The molecule has 15 heavy (non-hydrogen) atoms. The summed E-state index contributed by atoms with van der Waals surface area (Å²) in [6.07, 6.45) is -0.768. The van der Waals surface area contributed by atoms with Crippen LogP contribution in [0.3, 0.4) is 0 Å². The molecule has 1 nitrogen and oxygen atoms in total. The SMILES string of the molecule is OC(c1cccs1)c1cc(F)ccc1Br. The lowest BCUT2D eigenvalue weighted by molar-refractivity contribution is 0.223. The van der Waals surface area contributed by atoms with Gasteiger partial charge in [0.05, 0.1) is 0 Å². The number of benzene rings is 1. The molecule has 0 aliphatic heterocycles. The molecule has 0 fully saturated rings. The first-order valence-corrected chi connectivity index (χ1v) is 6.02. The van der Waals surface area contributed by atoms with Gasteiger partial charge >= 0.3 is 0 Å². The van der Waals surface area contributed by atoms with E-state index in [1.54, 1.807) is 6.07 Å². The molecule has 1 aromatic carbocycles. The molecule has 1 N–H and O–H groups in total. The van der Waals surface area contributed by atoms with Gasteiger partial charge in [-0.05, 0) is 29.6 Å². The standard InChI is InChI=1S/C11H8BrFOS/c12-9-4-3-7(13)6-8(9)11(14)10-2-1-5-15-10/h1-6,11,14H. The number of aliphatic hydroxyl groups is 1. The highest BCUT2D eigenvalue weighted by atomic mass is 79.9. The molecule has 1 unspecified atom stereocenters. The van der Waals surface area contributed by atoms with E-state index in [0.717, 1.165) is 4.88 Å². The summed E-state index contributed by atoms with van der Waals surface area (Å²) in [5, 5.41) is 11.9. The second-order valence-corrected chi connectivity index (χ2v) is 4.92. The first kappa shape index (κ1) is 10.8. The van der Waals surface area contributed by atoms with Crippen molar-refractivity contribution in [2.24, 2.45) is 0 Å². The van der Waals surface area contributed by atoms with Gasteiger partial charge in [-0.25, -0.2) is 4.39 Å². The zero-order valence-corrected chi connectivity index (χ0v) is 10.1. The highest BCUT2D eigenvalue weighted by Gasteiger charge is 2.15. The molecule has 0 amide bonds. The van der Waals surface area contributed by atoms with E-state index in [-0.39, 0.29) is 5.82 Å². The maximum Gasteiger partial charge on any atom is 0.123 e. The second-order valence-electron chi connectivity index (χ2n) is 3.08. The summed E-state index contributed by atoms with van der Waals surface area (Å²) < 4.78 is 13.7. The van der Waals surface area contributed by atoms with E-state index in [9.17, 15) is 9.50 Å². The monoisotopic (exact) mass is 286 g/mol. The van der Waals surface area contributed by atoms with Crippen LogP contribution in [0.25, 0.3) is 0 Å². The van der Waals surface area contributed by atoms with E-state index >= 15 is 0 Å². The average Bonchev–Trinajstić information content (AvgIpc) is 2.74. The van der Waals surface area contributed by atoms with Gasteiger partial charge < -0.3 is 5.11 Å². The first-order valence-electron chi connectivity index (χ1n) is 4.35. The first-order chi connectivity index (χ1) is 7.18. The summed E-state index contributed by atoms with van der Waals surface area (Å²) in [4.78, 5) is 0.807. The van der Waals surface area contributed by atoms with Crippen molar-refractivity contribution in [1.82, 2.24) is 0 Å². The van der Waals surface area contributed by atoms with Gasteiger partial charge in [-0.1, -0.05) is 22.0 Å². The van der Waals surface area contributed by atoms with Crippen LogP contribution in [0.2, 0.25) is 0 Å². The minimum absolute atomic E-state index is 0.344. The summed E-state index contributed by atoms with van der Waals surface area (Å²) in [6, 6.07) is 7.98. The molecular formula is C11H8BrFOS. The van der Waals surface area contributed by atoms with Crippen LogP contribution in [0.4, 0.5) is 4.39 Å². The van der Waals surface area contributed by atoms with Crippen molar-refractivity contribution < 1.29 is 9.50 Å². The van der Waals surface area contributed by atoms with E-state index in [4.69, 9.17) is 0 Å². The second kappa shape index (κ2) is 4.43. The van der Waals surface area contributed by atoms with Crippen LogP contribution in [-0.2, 0) is 0 Å². The van der Waals surface area contributed by atoms with Crippen LogP contribution in [-0.4, -0.2) is 5.11 Å². The Morgan fingerprint density at radius 2 is 2.13 bits per heavy atom. The highest BCUT2D eigenvalue weighted by molar-refractivity contribution is 9.10. The maximum atomic E-state index is 13.0. The lowest BCUT2D eigenvalue weighted by atomic mass is 10.1. The highest BCUT2D eigenvalue weighted by Crippen LogP contribution is 2.31. The molecule has 0 aliphatic rings. The van der Waals surface area contributed by atoms with Crippen LogP contribution in [0.1, 0.15) is 16.5 Å². The number of hydrogen-bond acceptors (Lipinski definition) is 2. The Hall–Kier alpha value is -0.710. The molecule has 1 heterocycles. The largest absolute Gasteiger partial charge is 0.383 e. The van der Waals surface area contributed by atoms with Gasteiger partial charge in [-0.15, -0.1) is 11.3 Å². The Labute approximate surface area is 99.3 Å². The summed E-state index contributed by atoms with van der Waals surface area (Å²) in [5.41, 5.74) is 0.553. The summed E-state index contributed by atoms with van der Waals surface area (Å²) in [5.74, 6) is -0.344. The Morgan fingerprint density at radius 1 is 1.33 bits per heavy atom. The number of hydrogen-bond donors (Lipinski definition) is 1. The molecule has 2 aromatic rings. The third kappa shape index (κ3) is 2.27. The van der Waals surface area contributed by atoms with Crippen molar-refractivity contribution in [2.75, 3.05) is 0 Å². The zero-order chi connectivity index (χ0) is 10.8. The molecule has 1 aromatic heterocycles. The van der Waals surface area contributed by atoms with Crippen molar-refractivity contribution in [3.63, 3.8) is 0 Å². The van der Waals surface area contributed by atoms with Gasteiger partial charge in [0.15, 0.2) is 0 Å².